The van der Waals surface area contributed by atoms with Gasteiger partial charge in [-0.05, 0) is 24.3 Å². The van der Waals surface area contributed by atoms with Gasteiger partial charge in [-0.2, -0.15) is 0 Å². The molecule has 0 aliphatic heterocycles. The van der Waals surface area contributed by atoms with E-state index in [-0.39, 0.29) is 17.3 Å². The fraction of sp³-hybridized carbons (Fsp3) is 0. The molecule has 0 aliphatic carbocycles. The number of carboxylic acids is 2. The number of nitrogens with zero attached hydrogens (tertiary/aromatic N) is 2. The van der Waals surface area contributed by atoms with E-state index in [0.29, 0.717) is 11.4 Å². The molecule has 0 unspecified atom stereocenters. The van der Waals surface area contributed by atoms with E-state index in [1.165, 1.54) is 36.7 Å². The van der Waals surface area contributed by atoms with E-state index in [4.69, 9.17) is 10.2 Å². The molecule has 0 fully saturated rings. The van der Waals surface area contributed by atoms with Gasteiger partial charge in [0.25, 0.3) is 0 Å². The quantitative estimate of drug-likeness (QED) is 0.764. The van der Waals surface area contributed by atoms with Gasteiger partial charge in [0, 0.05) is 12.4 Å². The number of aromatic carboxylic acids is 2. The Kier molecular flexibility index (Phi) is 4.27. The molecule has 0 radical (unpaired) electrons. The molecule has 19 heavy (non-hydrogen) atoms. The lowest BCUT2D eigenvalue weighted by molar-refractivity contribution is 0.0686. The Morgan fingerprint density at radius 3 is 1.53 bits per heavy atom. The Morgan fingerprint density at radius 2 is 1.21 bits per heavy atom. The molecule has 0 atom stereocenters. The Hall–Kier alpha value is -2.80. The zero-order valence-electron chi connectivity index (χ0n) is 9.78. The van der Waals surface area contributed by atoms with Gasteiger partial charge in [-0.1, -0.05) is 0 Å². The summed E-state index contributed by atoms with van der Waals surface area (Å²) in [5, 5.41) is 17.7. The second-order valence-corrected chi connectivity index (χ2v) is 3.47. The molecule has 0 aliphatic rings. The third-order valence-electron chi connectivity index (χ3n) is 2.28. The van der Waals surface area contributed by atoms with E-state index in [9.17, 15) is 9.59 Å². The number of pyridine rings is 2. The van der Waals surface area contributed by atoms with Gasteiger partial charge in [0.1, 0.15) is 0 Å². The molecule has 2 rings (SSSR count). The predicted molar refractivity (Wildman–Crippen MR) is 66.4 cm³/mol. The lowest BCUT2D eigenvalue weighted by Crippen LogP contribution is -2.00. The summed E-state index contributed by atoms with van der Waals surface area (Å²) in [4.78, 5) is 29.6. The van der Waals surface area contributed by atoms with Crippen LogP contribution in [0.15, 0.2) is 36.7 Å². The van der Waals surface area contributed by atoms with E-state index in [2.05, 4.69) is 9.97 Å². The molecule has 0 amide bonds. The number of hydrogen-bond donors (Lipinski definition) is 3. The van der Waals surface area contributed by atoms with Gasteiger partial charge in [0.05, 0.1) is 22.5 Å². The molecule has 5 N–H and O–H groups in total. The highest BCUT2D eigenvalue weighted by Crippen LogP contribution is 2.16. The fourth-order valence-electron chi connectivity index (χ4n) is 1.41. The molecular weight excluding hydrogens is 250 g/mol. The maximum Gasteiger partial charge on any atom is 0.335 e. The molecule has 0 aromatic carbocycles. The van der Waals surface area contributed by atoms with E-state index in [0.717, 1.165) is 0 Å². The Labute approximate surface area is 108 Å². The molecule has 0 bridgehead atoms. The zero-order valence-corrected chi connectivity index (χ0v) is 9.78. The lowest BCUT2D eigenvalue weighted by atomic mass is 10.1. The standard InChI is InChI=1S/C12H8N2O4.H3N/c15-11(16)7-1-3-13-9(5-7)10-6-8(12(17)18)2-4-14-10;/h1-6H,(H,15,16)(H,17,18);1H3. The first-order valence-electron chi connectivity index (χ1n) is 4.97. The number of rotatable bonds is 3. The average molecular weight is 261 g/mol. The van der Waals surface area contributed by atoms with Crippen LogP contribution < -0.4 is 6.15 Å². The summed E-state index contributed by atoms with van der Waals surface area (Å²) in [6, 6.07) is 5.40. The summed E-state index contributed by atoms with van der Waals surface area (Å²) in [5.74, 6) is -2.15. The highest BCUT2D eigenvalue weighted by atomic mass is 16.4. The smallest absolute Gasteiger partial charge is 0.335 e. The van der Waals surface area contributed by atoms with Gasteiger partial charge >= 0.3 is 11.9 Å². The minimum atomic E-state index is -1.08. The van der Waals surface area contributed by atoms with Crippen LogP contribution in [0.25, 0.3) is 11.4 Å². The first-order valence-corrected chi connectivity index (χ1v) is 4.97. The molecule has 2 aromatic heterocycles. The summed E-state index contributed by atoms with van der Waals surface area (Å²) in [6.07, 6.45) is 2.68. The Morgan fingerprint density at radius 1 is 0.842 bits per heavy atom. The van der Waals surface area contributed by atoms with Crippen LogP contribution in [-0.2, 0) is 0 Å². The SMILES string of the molecule is N.O=C(O)c1ccnc(-c2cc(C(=O)O)ccn2)c1. The highest BCUT2D eigenvalue weighted by molar-refractivity contribution is 5.90. The first kappa shape index (κ1) is 14.3. The van der Waals surface area contributed by atoms with Gasteiger partial charge in [-0.25, -0.2) is 9.59 Å². The van der Waals surface area contributed by atoms with Crippen molar-refractivity contribution in [3.63, 3.8) is 0 Å². The number of aromatic nitrogens is 2. The summed E-state index contributed by atoms with van der Waals surface area (Å²) >= 11 is 0. The Bertz CT molecular complexity index is 572. The van der Waals surface area contributed by atoms with Crippen molar-refractivity contribution in [3.05, 3.63) is 47.8 Å². The number of carboxylic acid groups (broad SMARTS) is 2. The van der Waals surface area contributed by atoms with Crippen molar-refractivity contribution >= 4 is 11.9 Å². The van der Waals surface area contributed by atoms with E-state index >= 15 is 0 Å². The van der Waals surface area contributed by atoms with Gasteiger partial charge in [0.15, 0.2) is 0 Å². The van der Waals surface area contributed by atoms with Gasteiger partial charge in [-0.3, -0.25) is 9.97 Å². The van der Waals surface area contributed by atoms with Crippen molar-refractivity contribution in [2.24, 2.45) is 0 Å². The monoisotopic (exact) mass is 261 g/mol. The van der Waals surface area contributed by atoms with Crippen molar-refractivity contribution in [3.8, 4) is 11.4 Å². The molecule has 7 nitrogen and oxygen atoms in total. The third-order valence-corrected chi connectivity index (χ3v) is 2.28. The minimum Gasteiger partial charge on any atom is -0.478 e. The third kappa shape index (κ3) is 3.11. The van der Waals surface area contributed by atoms with E-state index in [1.807, 2.05) is 0 Å². The van der Waals surface area contributed by atoms with Crippen LogP contribution >= 0.6 is 0 Å². The topological polar surface area (TPSA) is 135 Å². The molecule has 2 heterocycles. The van der Waals surface area contributed by atoms with Crippen molar-refractivity contribution in [2.75, 3.05) is 0 Å². The molecular formula is C12H11N3O4. The van der Waals surface area contributed by atoms with Gasteiger partial charge in [-0.15, -0.1) is 0 Å². The minimum absolute atomic E-state index is 0. The van der Waals surface area contributed by atoms with Crippen LogP contribution in [0.2, 0.25) is 0 Å². The first-order chi connectivity index (χ1) is 8.58. The summed E-state index contributed by atoms with van der Waals surface area (Å²) in [5.41, 5.74) is 0.779. The maximum atomic E-state index is 10.8. The van der Waals surface area contributed by atoms with E-state index in [1.54, 1.807) is 0 Å². The van der Waals surface area contributed by atoms with Crippen LogP contribution in [-0.4, -0.2) is 32.1 Å². The van der Waals surface area contributed by atoms with Gasteiger partial charge in [0.2, 0.25) is 0 Å². The average Bonchev–Trinajstić information content (AvgIpc) is 2.39. The summed E-state index contributed by atoms with van der Waals surface area (Å²) in [7, 11) is 0. The summed E-state index contributed by atoms with van der Waals surface area (Å²) in [6.45, 7) is 0. The molecule has 2 aromatic rings. The zero-order chi connectivity index (χ0) is 13.1. The number of hydrogen-bond acceptors (Lipinski definition) is 5. The largest absolute Gasteiger partial charge is 0.478 e. The Balaban J connectivity index is 0.00000180. The van der Waals surface area contributed by atoms with E-state index < -0.39 is 11.9 Å². The number of carbonyl (C=O) groups is 2. The highest BCUT2D eigenvalue weighted by Gasteiger charge is 2.09. The predicted octanol–water partition coefficient (Wildman–Crippen LogP) is 1.70. The van der Waals surface area contributed by atoms with Crippen molar-refractivity contribution in [2.45, 2.75) is 0 Å². The van der Waals surface area contributed by atoms with Crippen LogP contribution in [0.5, 0.6) is 0 Å². The lowest BCUT2D eigenvalue weighted by Gasteiger charge is -2.02. The molecule has 0 spiro atoms. The molecule has 0 saturated carbocycles. The van der Waals surface area contributed by atoms with Crippen molar-refractivity contribution in [1.29, 1.82) is 0 Å². The van der Waals surface area contributed by atoms with Crippen molar-refractivity contribution in [1.82, 2.24) is 16.1 Å². The maximum absolute atomic E-state index is 10.8. The van der Waals surface area contributed by atoms with Crippen LogP contribution in [0.1, 0.15) is 20.7 Å². The second-order valence-electron chi connectivity index (χ2n) is 3.47. The van der Waals surface area contributed by atoms with Gasteiger partial charge < -0.3 is 16.4 Å². The second kappa shape index (κ2) is 5.69. The normalized spacial score (nSPS) is 9.47. The van der Waals surface area contributed by atoms with Crippen LogP contribution in [0.3, 0.4) is 0 Å². The van der Waals surface area contributed by atoms with Crippen molar-refractivity contribution < 1.29 is 19.8 Å². The van der Waals surface area contributed by atoms with Crippen LogP contribution in [0.4, 0.5) is 0 Å². The molecule has 7 heteroatoms. The summed E-state index contributed by atoms with van der Waals surface area (Å²) < 4.78 is 0. The molecule has 0 saturated heterocycles. The molecule has 98 valence electrons. The fourth-order valence-corrected chi connectivity index (χ4v) is 1.41. The van der Waals surface area contributed by atoms with Crippen LogP contribution in [0, 0.1) is 0 Å².